The summed E-state index contributed by atoms with van der Waals surface area (Å²) in [4.78, 5) is 14.0. The summed E-state index contributed by atoms with van der Waals surface area (Å²) in [5.41, 5.74) is 3.08. The van der Waals surface area contributed by atoms with Crippen LogP contribution in [0.25, 0.3) is 0 Å². The summed E-state index contributed by atoms with van der Waals surface area (Å²) < 4.78 is 0. The normalized spacial score (nSPS) is 13.6. The number of benzene rings is 1. The molecule has 0 spiro atoms. The average Bonchev–Trinajstić information content (AvgIpc) is 2.46. The topological polar surface area (TPSA) is 82.2 Å². The van der Waals surface area contributed by atoms with Gasteiger partial charge in [0, 0.05) is 6.54 Å². The van der Waals surface area contributed by atoms with Crippen LogP contribution in [0, 0.1) is 17.2 Å². The van der Waals surface area contributed by atoms with Gasteiger partial charge in [0.25, 0.3) is 5.91 Å². The van der Waals surface area contributed by atoms with Gasteiger partial charge in [-0.2, -0.15) is 5.26 Å². The van der Waals surface area contributed by atoms with Crippen LogP contribution in [-0.2, 0) is 4.79 Å². The van der Waals surface area contributed by atoms with E-state index in [1.54, 1.807) is 0 Å². The minimum Gasteiger partial charge on any atom is -0.293 e. The Kier molecular flexibility index (Phi) is 6.00. The molecule has 2 unspecified atom stereocenters. The molecular formula is C14H20N4O. The SMILES string of the molecule is CCN(CC(C)C#N)C(C(=O)NN)c1ccccc1. The van der Waals surface area contributed by atoms with Gasteiger partial charge in [-0.25, -0.2) is 5.84 Å². The molecule has 1 amide bonds. The summed E-state index contributed by atoms with van der Waals surface area (Å²) in [6.45, 7) is 4.99. The van der Waals surface area contributed by atoms with Crippen molar-refractivity contribution in [1.82, 2.24) is 10.3 Å². The van der Waals surface area contributed by atoms with Crippen LogP contribution in [0.4, 0.5) is 0 Å². The van der Waals surface area contributed by atoms with Gasteiger partial charge in [0.1, 0.15) is 6.04 Å². The van der Waals surface area contributed by atoms with Crippen molar-refractivity contribution < 1.29 is 4.79 Å². The molecule has 0 aliphatic carbocycles. The number of carbonyl (C=O) groups is 1. The largest absolute Gasteiger partial charge is 0.293 e. The maximum absolute atomic E-state index is 12.0. The number of nitrogens with two attached hydrogens (primary N) is 1. The summed E-state index contributed by atoms with van der Waals surface area (Å²) in [5.74, 6) is 4.87. The molecule has 1 aromatic carbocycles. The molecule has 0 saturated heterocycles. The van der Waals surface area contributed by atoms with E-state index in [9.17, 15) is 4.79 Å². The lowest BCUT2D eigenvalue weighted by Crippen LogP contribution is -2.44. The fraction of sp³-hybridized carbons (Fsp3) is 0.429. The van der Waals surface area contributed by atoms with Crippen molar-refractivity contribution in [2.75, 3.05) is 13.1 Å². The van der Waals surface area contributed by atoms with Crippen LogP contribution in [0.3, 0.4) is 0 Å². The monoisotopic (exact) mass is 260 g/mol. The maximum Gasteiger partial charge on any atom is 0.255 e. The Morgan fingerprint density at radius 3 is 2.58 bits per heavy atom. The first kappa shape index (κ1) is 15.2. The van der Waals surface area contributed by atoms with Crippen molar-refractivity contribution in [2.45, 2.75) is 19.9 Å². The zero-order valence-corrected chi connectivity index (χ0v) is 11.3. The first-order valence-electron chi connectivity index (χ1n) is 6.33. The van der Waals surface area contributed by atoms with Gasteiger partial charge < -0.3 is 0 Å². The predicted molar refractivity (Wildman–Crippen MR) is 73.5 cm³/mol. The third kappa shape index (κ3) is 4.05. The molecule has 0 saturated carbocycles. The molecule has 0 aliphatic rings. The first-order valence-corrected chi connectivity index (χ1v) is 6.33. The van der Waals surface area contributed by atoms with Crippen LogP contribution in [-0.4, -0.2) is 23.9 Å². The van der Waals surface area contributed by atoms with Gasteiger partial charge in [-0.1, -0.05) is 37.3 Å². The van der Waals surface area contributed by atoms with E-state index in [1.807, 2.05) is 49.1 Å². The molecule has 0 heterocycles. The minimum absolute atomic E-state index is 0.142. The Morgan fingerprint density at radius 2 is 2.11 bits per heavy atom. The molecular weight excluding hydrogens is 240 g/mol. The summed E-state index contributed by atoms with van der Waals surface area (Å²) in [6.07, 6.45) is 0. The lowest BCUT2D eigenvalue weighted by Gasteiger charge is -2.30. The molecule has 0 aromatic heterocycles. The minimum atomic E-state index is -0.466. The Hall–Kier alpha value is -1.90. The zero-order valence-electron chi connectivity index (χ0n) is 11.3. The van der Waals surface area contributed by atoms with E-state index in [0.29, 0.717) is 13.1 Å². The van der Waals surface area contributed by atoms with Crippen LogP contribution in [0.5, 0.6) is 0 Å². The number of carbonyl (C=O) groups excluding carboxylic acids is 1. The average molecular weight is 260 g/mol. The number of nitrogens with one attached hydrogen (secondary N) is 1. The fourth-order valence-corrected chi connectivity index (χ4v) is 2.05. The van der Waals surface area contributed by atoms with Crippen LogP contribution < -0.4 is 11.3 Å². The van der Waals surface area contributed by atoms with Crippen molar-refractivity contribution in [1.29, 1.82) is 5.26 Å². The summed E-state index contributed by atoms with van der Waals surface area (Å²) >= 11 is 0. The second-order valence-corrected chi connectivity index (χ2v) is 4.44. The Balaban J connectivity index is 3.02. The van der Waals surface area contributed by atoms with Crippen molar-refractivity contribution in [3.8, 4) is 6.07 Å². The molecule has 102 valence electrons. The van der Waals surface area contributed by atoms with Crippen molar-refractivity contribution >= 4 is 5.91 Å². The number of rotatable bonds is 6. The molecule has 0 radical (unpaired) electrons. The highest BCUT2D eigenvalue weighted by Crippen LogP contribution is 2.21. The zero-order chi connectivity index (χ0) is 14.3. The van der Waals surface area contributed by atoms with Gasteiger partial charge in [0.15, 0.2) is 0 Å². The van der Waals surface area contributed by atoms with Gasteiger partial charge in [-0.05, 0) is 19.0 Å². The highest BCUT2D eigenvalue weighted by atomic mass is 16.2. The van der Waals surface area contributed by atoms with Crippen molar-refractivity contribution in [3.63, 3.8) is 0 Å². The summed E-state index contributed by atoms with van der Waals surface area (Å²) in [7, 11) is 0. The second-order valence-electron chi connectivity index (χ2n) is 4.44. The van der Waals surface area contributed by atoms with E-state index in [4.69, 9.17) is 11.1 Å². The smallest absolute Gasteiger partial charge is 0.255 e. The van der Waals surface area contributed by atoms with E-state index in [2.05, 4.69) is 11.5 Å². The standard InChI is InChI=1S/C14H20N4O/c1-3-18(10-11(2)9-15)13(14(19)17-16)12-7-5-4-6-8-12/h4-8,11,13H,3,10,16H2,1-2H3,(H,17,19). The Morgan fingerprint density at radius 1 is 1.47 bits per heavy atom. The molecule has 5 nitrogen and oxygen atoms in total. The third-order valence-corrected chi connectivity index (χ3v) is 3.01. The molecule has 1 rings (SSSR count). The van der Waals surface area contributed by atoms with Gasteiger partial charge in [-0.3, -0.25) is 15.1 Å². The molecule has 5 heteroatoms. The van der Waals surface area contributed by atoms with Gasteiger partial charge in [-0.15, -0.1) is 0 Å². The van der Waals surface area contributed by atoms with Crippen LogP contribution >= 0.6 is 0 Å². The van der Waals surface area contributed by atoms with Crippen LogP contribution in [0.2, 0.25) is 0 Å². The van der Waals surface area contributed by atoms with E-state index < -0.39 is 6.04 Å². The molecule has 0 bridgehead atoms. The van der Waals surface area contributed by atoms with E-state index in [-0.39, 0.29) is 11.8 Å². The molecule has 19 heavy (non-hydrogen) atoms. The van der Waals surface area contributed by atoms with E-state index in [1.165, 1.54) is 0 Å². The quantitative estimate of drug-likeness (QED) is 0.457. The highest BCUT2D eigenvalue weighted by molar-refractivity contribution is 5.82. The molecule has 0 aliphatic heterocycles. The molecule has 0 fully saturated rings. The number of hydrogen-bond donors (Lipinski definition) is 2. The van der Waals surface area contributed by atoms with E-state index in [0.717, 1.165) is 5.56 Å². The lowest BCUT2D eigenvalue weighted by atomic mass is 10.0. The predicted octanol–water partition coefficient (Wildman–Crippen LogP) is 1.20. The summed E-state index contributed by atoms with van der Waals surface area (Å²) in [6, 6.07) is 11.2. The number of nitrogens with zero attached hydrogens (tertiary/aromatic N) is 2. The lowest BCUT2D eigenvalue weighted by molar-refractivity contribution is -0.126. The van der Waals surface area contributed by atoms with Gasteiger partial charge in [0.05, 0.1) is 12.0 Å². The molecule has 1 aromatic rings. The van der Waals surface area contributed by atoms with Crippen molar-refractivity contribution in [3.05, 3.63) is 35.9 Å². The highest BCUT2D eigenvalue weighted by Gasteiger charge is 2.27. The van der Waals surface area contributed by atoms with E-state index >= 15 is 0 Å². The van der Waals surface area contributed by atoms with Crippen LogP contribution in [0.15, 0.2) is 30.3 Å². The fourth-order valence-electron chi connectivity index (χ4n) is 2.05. The van der Waals surface area contributed by atoms with Crippen molar-refractivity contribution in [2.24, 2.45) is 11.8 Å². The first-order chi connectivity index (χ1) is 9.13. The van der Waals surface area contributed by atoms with Crippen LogP contribution in [0.1, 0.15) is 25.5 Å². The number of hydrazine groups is 1. The molecule has 3 N–H and O–H groups in total. The van der Waals surface area contributed by atoms with Gasteiger partial charge >= 0.3 is 0 Å². The number of likely N-dealkylation sites (N-methyl/N-ethyl adjacent to an activating group) is 1. The third-order valence-electron chi connectivity index (χ3n) is 3.01. The number of amides is 1. The van der Waals surface area contributed by atoms with Gasteiger partial charge in [0.2, 0.25) is 0 Å². The maximum atomic E-state index is 12.0. The second kappa shape index (κ2) is 7.52. The Labute approximate surface area is 114 Å². The number of nitriles is 1. The molecule has 2 atom stereocenters. The summed E-state index contributed by atoms with van der Waals surface area (Å²) in [5, 5.41) is 8.93. The number of hydrogen-bond acceptors (Lipinski definition) is 4. The Bertz CT molecular complexity index is 441.